The van der Waals surface area contributed by atoms with Gasteiger partial charge in [-0.3, -0.25) is 9.59 Å². The number of amides is 1. The summed E-state index contributed by atoms with van der Waals surface area (Å²) in [7, 11) is 3.19. The highest BCUT2D eigenvalue weighted by Crippen LogP contribution is 2.59. The summed E-state index contributed by atoms with van der Waals surface area (Å²) < 4.78 is 11.0. The van der Waals surface area contributed by atoms with E-state index in [0.717, 1.165) is 73.6 Å². The van der Waals surface area contributed by atoms with Crippen molar-refractivity contribution >= 4 is 23.0 Å². The molecule has 0 saturated heterocycles. The number of aliphatic hydroxyl groups excluding tert-OH is 1. The summed E-state index contributed by atoms with van der Waals surface area (Å²) in [6.07, 6.45) is 12.6. The number of nitrogens with zero attached hydrogens (tertiary/aromatic N) is 1. The van der Waals surface area contributed by atoms with E-state index in [0.29, 0.717) is 43.7 Å². The monoisotopic (exact) mass is 741 g/mol. The molecule has 2 N–H and O–H groups in total. The van der Waals surface area contributed by atoms with Gasteiger partial charge >= 0.3 is 0 Å². The number of fused-ring (bicyclic) bond motifs is 8. The molecule has 1 aromatic heterocycles. The molecule has 2 saturated carbocycles. The van der Waals surface area contributed by atoms with Crippen LogP contribution in [0.15, 0.2) is 65.6 Å². The average Bonchev–Trinajstić information content (AvgIpc) is 3.78. The summed E-state index contributed by atoms with van der Waals surface area (Å²) in [5.74, 6) is 1.32. The molecular weight excluding hydrogens is 683 g/mol. The van der Waals surface area contributed by atoms with Crippen LogP contribution in [0.25, 0.3) is 0 Å². The number of carbonyl (C=O) groups excluding carboxylic acids is 2. The lowest BCUT2D eigenvalue weighted by Crippen LogP contribution is -2.54. The molecule has 7 nitrogen and oxygen atoms in total. The minimum atomic E-state index is -1.18. The number of aliphatic hydroxyl groups is 2. The molecule has 4 aliphatic carbocycles. The summed E-state index contributed by atoms with van der Waals surface area (Å²) in [5.41, 5.74) is 3.08. The number of carbonyl (C=O) groups is 2. The Morgan fingerprint density at radius 1 is 0.962 bits per heavy atom. The van der Waals surface area contributed by atoms with E-state index < -0.39 is 17.1 Å². The van der Waals surface area contributed by atoms with Gasteiger partial charge in [0.2, 0.25) is 5.91 Å². The Morgan fingerprint density at radius 3 is 2.49 bits per heavy atom. The molecule has 8 heteroatoms. The fourth-order valence-electron chi connectivity index (χ4n) is 9.38. The van der Waals surface area contributed by atoms with Crippen molar-refractivity contribution < 1.29 is 29.3 Å². The third-order valence-corrected chi connectivity index (χ3v) is 13.7. The first-order valence-corrected chi connectivity index (χ1v) is 20.7. The molecule has 1 heterocycles. The zero-order valence-electron chi connectivity index (χ0n) is 32.2. The first-order chi connectivity index (χ1) is 25.5. The third kappa shape index (κ3) is 8.92. The van der Waals surface area contributed by atoms with Crippen LogP contribution in [0.4, 0.5) is 0 Å². The quantitative estimate of drug-likeness (QED) is 0.151. The highest BCUT2D eigenvalue weighted by molar-refractivity contribution is 7.09. The Bertz CT molecular complexity index is 1750. The largest absolute Gasteiger partial charge is 0.493 e. The molecule has 7 rings (SSSR count). The van der Waals surface area contributed by atoms with Crippen molar-refractivity contribution in [3.05, 3.63) is 92.7 Å². The van der Waals surface area contributed by atoms with Gasteiger partial charge in [0.15, 0.2) is 17.3 Å². The van der Waals surface area contributed by atoms with Crippen molar-refractivity contribution in [2.75, 3.05) is 27.3 Å². The Morgan fingerprint density at radius 2 is 1.75 bits per heavy atom. The summed E-state index contributed by atoms with van der Waals surface area (Å²) in [5, 5.41) is 26.2. The van der Waals surface area contributed by atoms with Crippen molar-refractivity contribution in [1.29, 1.82) is 0 Å². The number of rotatable bonds is 11. The fraction of sp³-hybridized carbons (Fsp3) is 0.556. The van der Waals surface area contributed by atoms with Crippen LogP contribution in [-0.2, 0) is 24.1 Å². The third-order valence-electron chi connectivity index (χ3n) is 12.7. The molecule has 2 fully saturated rings. The molecule has 1 amide bonds. The molecular formula is C45H59NO6S. The van der Waals surface area contributed by atoms with Crippen LogP contribution in [0.3, 0.4) is 0 Å². The first-order valence-electron chi connectivity index (χ1n) is 19.8. The Balaban J connectivity index is 1.37. The van der Waals surface area contributed by atoms with Gasteiger partial charge < -0.3 is 24.6 Å². The van der Waals surface area contributed by atoms with Crippen LogP contribution in [-0.4, -0.2) is 65.8 Å². The van der Waals surface area contributed by atoms with E-state index >= 15 is 0 Å². The lowest BCUT2D eigenvalue weighted by atomic mass is 9.64. The van der Waals surface area contributed by atoms with Gasteiger partial charge in [-0.05, 0) is 123 Å². The van der Waals surface area contributed by atoms with E-state index in [1.54, 1.807) is 25.6 Å². The van der Waals surface area contributed by atoms with Gasteiger partial charge in [0.05, 0.1) is 32.3 Å². The van der Waals surface area contributed by atoms with Crippen molar-refractivity contribution in [3.63, 3.8) is 0 Å². The second-order valence-electron chi connectivity index (χ2n) is 16.2. The van der Waals surface area contributed by atoms with Gasteiger partial charge in [0.1, 0.15) is 0 Å². The normalized spacial score (nSPS) is 25.3. The second-order valence-corrected chi connectivity index (χ2v) is 17.2. The lowest BCUT2D eigenvalue weighted by Gasteiger charge is -2.46. The maximum absolute atomic E-state index is 14.4. The van der Waals surface area contributed by atoms with Gasteiger partial charge in [-0.2, -0.15) is 0 Å². The van der Waals surface area contributed by atoms with Crippen LogP contribution in [0.2, 0.25) is 0 Å². The molecule has 2 bridgehead atoms. The molecule has 0 unspecified atom stereocenters. The molecule has 286 valence electrons. The highest BCUT2D eigenvalue weighted by atomic mass is 32.1. The number of allylic oxidation sites excluding steroid dienone is 2. The topological polar surface area (TPSA) is 96.3 Å². The number of methoxy groups -OCH3 is 2. The number of ether oxygens (including phenoxy) is 2. The van der Waals surface area contributed by atoms with Crippen LogP contribution in [0, 0.1) is 11.3 Å². The first kappa shape index (κ1) is 39.2. The molecule has 4 atom stereocenters. The molecule has 53 heavy (non-hydrogen) atoms. The standard InChI is InChI=1S/C45H59NO6S/c1-31-10-8-22-44(2)39(37-18-15-32(26-35(47)17-14-31)27-38(37)43(49)34-11-6-5-7-12-34)20-23-45(44,50)30-46(24-21-36-13-9-25-53-36)42(48)29-33-16-19-40(51-3)41(28-33)52-4/h9-10,13,15-16,18-19,25,27-28,34-35,39,47,50H,5-8,11-12,14,17,20-24,26,29-30H2,1-4H3/t35-,39-,44-,45+/m0/s1. The van der Waals surface area contributed by atoms with Crippen molar-refractivity contribution in [1.82, 2.24) is 4.90 Å². The van der Waals surface area contributed by atoms with E-state index in [1.807, 2.05) is 29.2 Å². The number of hydrogen-bond acceptors (Lipinski definition) is 7. The number of hydrogen-bond donors (Lipinski definition) is 2. The predicted octanol–water partition coefficient (Wildman–Crippen LogP) is 8.88. The number of thiophene rings is 1. The maximum atomic E-state index is 14.4. The Labute approximate surface area is 320 Å². The smallest absolute Gasteiger partial charge is 0.227 e. The van der Waals surface area contributed by atoms with E-state index in [4.69, 9.17) is 9.47 Å². The number of Topliss-reactive ketones (excluding diaryl/α,β-unsaturated/α-hetero) is 1. The van der Waals surface area contributed by atoms with Crippen LogP contribution >= 0.6 is 11.3 Å². The van der Waals surface area contributed by atoms with Crippen LogP contribution < -0.4 is 9.47 Å². The predicted molar refractivity (Wildman–Crippen MR) is 212 cm³/mol. The van der Waals surface area contributed by atoms with Crippen LogP contribution in [0.5, 0.6) is 11.5 Å². The van der Waals surface area contributed by atoms with E-state index in [2.05, 4.69) is 49.6 Å². The lowest BCUT2D eigenvalue weighted by molar-refractivity contribution is -0.139. The van der Waals surface area contributed by atoms with Crippen molar-refractivity contribution in [2.45, 2.75) is 121 Å². The van der Waals surface area contributed by atoms with Gasteiger partial charge in [0.25, 0.3) is 0 Å². The maximum Gasteiger partial charge on any atom is 0.227 e. The van der Waals surface area contributed by atoms with Gasteiger partial charge in [0, 0.05) is 34.9 Å². The Hall–Kier alpha value is -3.46. The summed E-state index contributed by atoms with van der Waals surface area (Å²) >= 11 is 1.68. The van der Waals surface area contributed by atoms with E-state index in [-0.39, 0.29) is 36.5 Å². The molecule has 3 aromatic rings. The average molecular weight is 742 g/mol. The SMILES string of the molecule is COc1ccc(CC(=O)N(CCc2cccs2)C[C@]2(O)CC[C@H]3c4ccc(cc4C(=O)C4CCCCC4)C[C@@H](O)CCC(C)=CCC[C@@]32C)cc1OC. The molecule has 4 aliphatic rings. The van der Waals surface area contributed by atoms with Gasteiger partial charge in [-0.1, -0.05) is 62.1 Å². The second kappa shape index (κ2) is 17.3. The molecule has 0 spiro atoms. The minimum Gasteiger partial charge on any atom is -0.493 e. The van der Waals surface area contributed by atoms with Crippen LogP contribution in [0.1, 0.15) is 122 Å². The summed E-state index contributed by atoms with van der Waals surface area (Å²) in [6, 6.07) is 16.0. The Kier molecular flexibility index (Phi) is 12.8. The minimum absolute atomic E-state index is 0.0145. The van der Waals surface area contributed by atoms with Crippen molar-refractivity contribution in [2.24, 2.45) is 11.3 Å². The zero-order chi connectivity index (χ0) is 37.6. The highest BCUT2D eigenvalue weighted by Gasteiger charge is 2.57. The zero-order valence-corrected chi connectivity index (χ0v) is 33.0. The van der Waals surface area contributed by atoms with Gasteiger partial charge in [-0.25, -0.2) is 0 Å². The fourth-order valence-corrected chi connectivity index (χ4v) is 10.1. The summed E-state index contributed by atoms with van der Waals surface area (Å²) in [6.45, 7) is 5.06. The van der Waals surface area contributed by atoms with E-state index in [1.165, 1.54) is 16.9 Å². The molecule has 2 aromatic carbocycles. The molecule has 0 aliphatic heterocycles. The summed E-state index contributed by atoms with van der Waals surface area (Å²) in [4.78, 5) is 31.9. The van der Waals surface area contributed by atoms with Gasteiger partial charge in [-0.15, -0.1) is 11.3 Å². The number of benzene rings is 2. The molecule has 0 radical (unpaired) electrons. The van der Waals surface area contributed by atoms with Crippen molar-refractivity contribution in [3.8, 4) is 11.5 Å². The number of ketones is 1. The van der Waals surface area contributed by atoms with E-state index in [9.17, 15) is 19.8 Å².